The Morgan fingerprint density at radius 1 is 1.38 bits per heavy atom. The average Bonchev–Trinajstić information content (AvgIpc) is 2.65. The van der Waals surface area contributed by atoms with Crippen LogP contribution in [0.4, 0.5) is 0 Å². The lowest BCUT2D eigenvalue weighted by molar-refractivity contribution is 0.242. The van der Waals surface area contributed by atoms with Crippen LogP contribution in [0.3, 0.4) is 0 Å². The van der Waals surface area contributed by atoms with E-state index in [1.54, 1.807) is 0 Å². The number of nitrogens with zero attached hydrogens (tertiary/aromatic N) is 1. The summed E-state index contributed by atoms with van der Waals surface area (Å²) >= 11 is 0. The molecule has 16 heavy (non-hydrogen) atoms. The minimum atomic E-state index is 0.202. The first-order chi connectivity index (χ1) is 7.65. The number of nitrogens with two attached hydrogens (primary N) is 1. The molecular weight excluding hydrogens is 202 g/mol. The number of guanidine groups is 1. The molecule has 1 atom stereocenters. The SMILES string of the molecule is CC(C)Oc1ccc(C2CN=C(N)N2)cc1. The summed E-state index contributed by atoms with van der Waals surface area (Å²) in [7, 11) is 0. The molecule has 0 amide bonds. The maximum Gasteiger partial charge on any atom is 0.189 e. The molecule has 0 aliphatic carbocycles. The van der Waals surface area contributed by atoms with Crippen molar-refractivity contribution in [2.24, 2.45) is 10.7 Å². The van der Waals surface area contributed by atoms with Crippen LogP contribution in [0.15, 0.2) is 29.3 Å². The van der Waals surface area contributed by atoms with Gasteiger partial charge in [0.25, 0.3) is 0 Å². The molecule has 4 heteroatoms. The van der Waals surface area contributed by atoms with Crippen molar-refractivity contribution in [3.05, 3.63) is 29.8 Å². The molecule has 0 bridgehead atoms. The minimum absolute atomic E-state index is 0.202. The second-order valence-corrected chi connectivity index (χ2v) is 4.16. The van der Waals surface area contributed by atoms with E-state index in [0.29, 0.717) is 12.5 Å². The summed E-state index contributed by atoms with van der Waals surface area (Å²) in [5.74, 6) is 1.41. The van der Waals surface area contributed by atoms with Gasteiger partial charge in [-0.05, 0) is 31.5 Å². The van der Waals surface area contributed by atoms with Gasteiger partial charge in [0.15, 0.2) is 5.96 Å². The van der Waals surface area contributed by atoms with Crippen LogP contribution in [0.25, 0.3) is 0 Å². The van der Waals surface area contributed by atoms with Gasteiger partial charge in [0.2, 0.25) is 0 Å². The van der Waals surface area contributed by atoms with Crippen molar-refractivity contribution in [3.8, 4) is 5.75 Å². The zero-order valence-corrected chi connectivity index (χ0v) is 9.60. The number of hydrogen-bond acceptors (Lipinski definition) is 4. The third-order valence-corrected chi connectivity index (χ3v) is 2.42. The molecule has 0 spiro atoms. The number of aliphatic imine (C=N–C) groups is 1. The maximum atomic E-state index is 5.58. The number of benzene rings is 1. The van der Waals surface area contributed by atoms with E-state index in [2.05, 4.69) is 10.3 Å². The highest BCUT2D eigenvalue weighted by atomic mass is 16.5. The van der Waals surface area contributed by atoms with Crippen LogP contribution in [-0.2, 0) is 0 Å². The van der Waals surface area contributed by atoms with Crippen LogP contribution in [0.5, 0.6) is 5.75 Å². The fourth-order valence-corrected chi connectivity index (χ4v) is 1.70. The Labute approximate surface area is 95.5 Å². The smallest absolute Gasteiger partial charge is 0.189 e. The molecule has 4 nitrogen and oxygen atoms in total. The Hall–Kier alpha value is -1.71. The molecule has 1 aromatic rings. The molecule has 0 saturated carbocycles. The molecule has 0 radical (unpaired) electrons. The van der Waals surface area contributed by atoms with Gasteiger partial charge in [0, 0.05) is 0 Å². The lowest BCUT2D eigenvalue weighted by atomic mass is 10.1. The van der Waals surface area contributed by atoms with Crippen LogP contribution in [0.2, 0.25) is 0 Å². The van der Waals surface area contributed by atoms with Crippen LogP contribution < -0.4 is 15.8 Å². The molecule has 0 saturated heterocycles. The van der Waals surface area contributed by atoms with Gasteiger partial charge in [-0.15, -0.1) is 0 Å². The van der Waals surface area contributed by atoms with E-state index in [4.69, 9.17) is 10.5 Å². The summed E-state index contributed by atoms with van der Waals surface area (Å²) < 4.78 is 5.58. The maximum absolute atomic E-state index is 5.58. The van der Waals surface area contributed by atoms with Crippen molar-refractivity contribution in [1.29, 1.82) is 0 Å². The first-order valence-electron chi connectivity index (χ1n) is 5.48. The molecule has 0 aromatic heterocycles. The monoisotopic (exact) mass is 219 g/mol. The van der Waals surface area contributed by atoms with Gasteiger partial charge in [-0.25, -0.2) is 0 Å². The number of ether oxygens (including phenoxy) is 1. The van der Waals surface area contributed by atoms with E-state index >= 15 is 0 Å². The highest BCUT2D eigenvalue weighted by Crippen LogP contribution is 2.20. The molecule has 1 heterocycles. The van der Waals surface area contributed by atoms with E-state index in [9.17, 15) is 0 Å². The van der Waals surface area contributed by atoms with E-state index in [1.165, 1.54) is 5.56 Å². The minimum Gasteiger partial charge on any atom is -0.491 e. The molecule has 1 unspecified atom stereocenters. The lowest BCUT2D eigenvalue weighted by Gasteiger charge is -2.13. The Morgan fingerprint density at radius 2 is 2.06 bits per heavy atom. The molecule has 0 fully saturated rings. The largest absolute Gasteiger partial charge is 0.491 e. The fraction of sp³-hybridized carbons (Fsp3) is 0.417. The van der Waals surface area contributed by atoms with Crippen molar-refractivity contribution in [3.63, 3.8) is 0 Å². The van der Waals surface area contributed by atoms with Crippen molar-refractivity contribution < 1.29 is 4.74 Å². The normalized spacial score (nSPS) is 19.4. The molecule has 1 aliphatic heterocycles. The predicted molar refractivity (Wildman–Crippen MR) is 64.6 cm³/mol. The van der Waals surface area contributed by atoms with Gasteiger partial charge >= 0.3 is 0 Å². The van der Waals surface area contributed by atoms with E-state index in [-0.39, 0.29) is 12.1 Å². The van der Waals surface area contributed by atoms with E-state index in [0.717, 1.165) is 5.75 Å². The summed E-state index contributed by atoms with van der Waals surface area (Å²) in [6.07, 6.45) is 0.203. The molecule has 2 rings (SSSR count). The first-order valence-corrected chi connectivity index (χ1v) is 5.48. The molecule has 1 aliphatic rings. The third kappa shape index (κ3) is 2.45. The second-order valence-electron chi connectivity index (χ2n) is 4.16. The van der Waals surface area contributed by atoms with Crippen LogP contribution in [-0.4, -0.2) is 18.6 Å². The highest BCUT2D eigenvalue weighted by Gasteiger charge is 2.16. The first kappa shape index (κ1) is 10.8. The van der Waals surface area contributed by atoms with Crippen LogP contribution in [0, 0.1) is 0 Å². The van der Waals surface area contributed by atoms with Gasteiger partial charge < -0.3 is 15.8 Å². The topological polar surface area (TPSA) is 59.6 Å². The second kappa shape index (κ2) is 4.43. The van der Waals surface area contributed by atoms with Crippen LogP contribution in [0.1, 0.15) is 25.5 Å². The van der Waals surface area contributed by atoms with Crippen molar-refractivity contribution in [1.82, 2.24) is 5.32 Å². The Bertz CT molecular complexity index is 384. The Balaban J connectivity index is 2.02. The number of rotatable bonds is 3. The van der Waals surface area contributed by atoms with Crippen molar-refractivity contribution in [2.75, 3.05) is 6.54 Å². The van der Waals surface area contributed by atoms with E-state index in [1.807, 2.05) is 38.1 Å². The fourth-order valence-electron chi connectivity index (χ4n) is 1.70. The zero-order valence-electron chi connectivity index (χ0n) is 9.60. The van der Waals surface area contributed by atoms with Crippen molar-refractivity contribution >= 4 is 5.96 Å². The Morgan fingerprint density at radius 3 is 2.56 bits per heavy atom. The summed E-state index contributed by atoms with van der Waals surface area (Å²) in [4.78, 5) is 4.12. The summed E-state index contributed by atoms with van der Waals surface area (Å²) in [5, 5.41) is 3.12. The highest BCUT2D eigenvalue weighted by molar-refractivity contribution is 5.80. The standard InChI is InChI=1S/C12H17N3O/c1-8(2)16-10-5-3-9(4-6-10)11-7-14-12(13)15-11/h3-6,8,11H,7H2,1-2H3,(H3,13,14,15). The summed E-state index contributed by atoms with van der Waals surface area (Å²) in [6, 6.07) is 8.25. The third-order valence-electron chi connectivity index (χ3n) is 2.42. The van der Waals surface area contributed by atoms with Crippen molar-refractivity contribution in [2.45, 2.75) is 26.0 Å². The van der Waals surface area contributed by atoms with Gasteiger partial charge in [-0.2, -0.15) is 0 Å². The molecule has 86 valence electrons. The van der Waals surface area contributed by atoms with Gasteiger partial charge in [0.05, 0.1) is 18.7 Å². The van der Waals surface area contributed by atoms with Gasteiger partial charge in [0.1, 0.15) is 5.75 Å². The predicted octanol–water partition coefficient (Wildman–Crippen LogP) is 1.43. The van der Waals surface area contributed by atoms with E-state index < -0.39 is 0 Å². The average molecular weight is 219 g/mol. The summed E-state index contributed by atoms with van der Waals surface area (Å²) in [6.45, 7) is 4.73. The molecular formula is C12H17N3O. The zero-order chi connectivity index (χ0) is 11.5. The van der Waals surface area contributed by atoms with Crippen LogP contribution >= 0.6 is 0 Å². The lowest BCUT2D eigenvalue weighted by Crippen LogP contribution is -2.29. The number of hydrogen-bond donors (Lipinski definition) is 2. The molecule has 1 aromatic carbocycles. The van der Waals surface area contributed by atoms with Gasteiger partial charge in [-0.3, -0.25) is 4.99 Å². The molecule has 3 N–H and O–H groups in total. The Kier molecular flexibility index (Phi) is 2.99. The quantitative estimate of drug-likeness (QED) is 0.808. The number of nitrogens with one attached hydrogen (secondary N) is 1. The van der Waals surface area contributed by atoms with Gasteiger partial charge in [-0.1, -0.05) is 12.1 Å². The summed E-state index contributed by atoms with van der Waals surface area (Å²) in [5.41, 5.74) is 6.75.